The van der Waals surface area contributed by atoms with Crippen molar-refractivity contribution in [2.75, 3.05) is 42.2 Å². The topological polar surface area (TPSA) is 120 Å². The van der Waals surface area contributed by atoms with Crippen molar-refractivity contribution < 1.29 is 32.8 Å². The number of aromatic nitrogens is 2. The number of methoxy groups -OCH3 is 5. The Morgan fingerprint density at radius 1 is 0.818 bits per heavy atom. The van der Waals surface area contributed by atoms with Gasteiger partial charge >= 0.3 is 0 Å². The first-order chi connectivity index (χ1) is 21.3. The van der Waals surface area contributed by atoms with Gasteiger partial charge in [0.1, 0.15) is 22.5 Å². The SMILES string of the molecule is COc1cc(OC)c2c(=O)c(OCCCCn3cnc4cc(Cl)ccc4c3=O)c(-c3cc(OC)c(OC)c(OC)c3)oc2c1. The first-order valence-electron chi connectivity index (χ1n) is 13.6. The Morgan fingerprint density at radius 3 is 2.20 bits per heavy atom. The van der Waals surface area contributed by atoms with Crippen LogP contribution < -0.4 is 39.4 Å². The lowest BCUT2D eigenvalue weighted by atomic mass is 10.1. The zero-order valence-corrected chi connectivity index (χ0v) is 25.6. The number of unbranched alkanes of at least 4 members (excludes halogenated alkanes) is 1. The Balaban J connectivity index is 1.48. The van der Waals surface area contributed by atoms with Crippen LogP contribution in [0, 0.1) is 0 Å². The molecule has 0 radical (unpaired) electrons. The number of benzene rings is 3. The number of nitrogens with zero attached hydrogens (tertiary/aromatic N) is 2. The Morgan fingerprint density at radius 2 is 1.55 bits per heavy atom. The van der Waals surface area contributed by atoms with E-state index in [1.165, 1.54) is 41.9 Å². The van der Waals surface area contributed by atoms with E-state index in [1.807, 2.05) is 0 Å². The number of hydrogen-bond acceptors (Lipinski definition) is 10. The van der Waals surface area contributed by atoms with Gasteiger partial charge in [-0.05, 0) is 43.2 Å². The summed E-state index contributed by atoms with van der Waals surface area (Å²) in [6, 6.07) is 11.5. The highest BCUT2D eigenvalue weighted by atomic mass is 35.5. The molecule has 3 aromatic carbocycles. The monoisotopic (exact) mass is 622 g/mol. The van der Waals surface area contributed by atoms with Gasteiger partial charge in [-0.1, -0.05) is 11.6 Å². The lowest BCUT2D eigenvalue weighted by Crippen LogP contribution is -2.21. The average Bonchev–Trinajstić information content (AvgIpc) is 3.04. The molecule has 12 heteroatoms. The summed E-state index contributed by atoms with van der Waals surface area (Å²) >= 11 is 6.03. The minimum absolute atomic E-state index is 0.0170. The highest BCUT2D eigenvalue weighted by Crippen LogP contribution is 2.44. The second-order valence-corrected chi connectivity index (χ2v) is 10.1. The highest BCUT2D eigenvalue weighted by Gasteiger charge is 2.24. The largest absolute Gasteiger partial charge is 0.496 e. The van der Waals surface area contributed by atoms with Crippen molar-refractivity contribution in [1.29, 1.82) is 0 Å². The fourth-order valence-corrected chi connectivity index (χ4v) is 5.07. The van der Waals surface area contributed by atoms with Crippen molar-refractivity contribution in [3.63, 3.8) is 0 Å². The van der Waals surface area contributed by atoms with Gasteiger partial charge in [0.05, 0.1) is 59.4 Å². The average molecular weight is 623 g/mol. The van der Waals surface area contributed by atoms with E-state index < -0.39 is 5.43 Å². The van der Waals surface area contributed by atoms with Gasteiger partial charge < -0.3 is 32.8 Å². The molecule has 0 aliphatic carbocycles. The molecule has 0 fully saturated rings. The molecule has 2 heterocycles. The van der Waals surface area contributed by atoms with Crippen molar-refractivity contribution >= 4 is 33.5 Å². The van der Waals surface area contributed by atoms with Gasteiger partial charge in [-0.15, -0.1) is 0 Å². The summed E-state index contributed by atoms with van der Waals surface area (Å²) in [6.07, 6.45) is 2.61. The second-order valence-electron chi connectivity index (χ2n) is 9.67. The summed E-state index contributed by atoms with van der Waals surface area (Å²) in [7, 11) is 7.46. The molecule has 0 unspecified atom stereocenters. The molecule has 0 saturated carbocycles. The summed E-state index contributed by atoms with van der Waals surface area (Å²) < 4.78 is 41.4. The van der Waals surface area contributed by atoms with Crippen LogP contribution in [0.1, 0.15) is 12.8 Å². The molecule has 2 aromatic heterocycles. The maximum Gasteiger partial charge on any atom is 0.261 e. The summed E-state index contributed by atoms with van der Waals surface area (Å²) in [5, 5.41) is 1.20. The van der Waals surface area contributed by atoms with Crippen LogP contribution in [0.15, 0.2) is 62.8 Å². The number of hydrogen-bond donors (Lipinski definition) is 0. The van der Waals surface area contributed by atoms with Gasteiger partial charge in [-0.3, -0.25) is 14.2 Å². The Bertz CT molecular complexity index is 1930. The second kappa shape index (κ2) is 13.2. The molecule has 0 amide bonds. The summed E-state index contributed by atoms with van der Waals surface area (Å²) in [4.78, 5) is 31.2. The van der Waals surface area contributed by atoms with Crippen molar-refractivity contribution in [1.82, 2.24) is 9.55 Å². The third kappa shape index (κ3) is 5.83. The molecule has 0 N–H and O–H groups in total. The van der Waals surface area contributed by atoms with Crippen molar-refractivity contribution in [3.05, 3.63) is 74.4 Å². The molecular weight excluding hydrogens is 592 g/mol. The van der Waals surface area contributed by atoms with Crippen LogP contribution in [-0.4, -0.2) is 51.7 Å². The van der Waals surface area contributed by atoms with Crippen LogP contribution in [-0.2, 0) is 6.54 Å². The van der Waals surface area contributed by atoms with Crippen molar-refractivity contribution in [3.8, 4) is 45.8 Å². The van der Waals surface area contributed by atoms with Crippen LogP contribution in [0.4, 0.5) is 0 Å². The zero-order valence-electron chi connectivity index (χ0n) is 24.9. The van der Waals surface area contributed by atoms with Gasteiger partial charge in [-0.2, -0.15) is 0 Å². The molecule has 0 atom stereocenters. The Kier molecular flexibility index (Phi) is 9.15. The molecule has 0 bridgehead atoms. The number of rotatable bonds is 12. The lowest BCUT2D eigenvalue weighted by molar-refractivity contribution is 0.295. The minimum atomic E-state index is -0.428. The molecule has 11 nitrogen and oxygen atoms in total. The molecule has 5 rings (SSSR count). The van der Waals surface area contributed by atoms with Crippen LogP contribution in [0.2, 0.25) is 5.02 Å². The number of halogens is 1. The molecule has 0 aliphatic heterocycles. The van der Waals surface area contributed by atoms with Crippen LogP contribution in [0.25, 0.3) is 33.2 Å². The molecule has 0 aliphatic rings. The summed E-state index contributed by atoms with van der Waals surface area (Å²) in [6.45, 7) is 0.574. The van der Waals surface area contributed by atoms with Gasteiger partial charge in [0.2, 0.25) is 16.9 Å². The molecule has 44 heavy (non-hydrogen) atoms. The van der Waals surface area contributed by atoms with E-state index in [1.54, 1.807) is 47.0 Å². The van der Waals surface area contributed by atoms with E-state index in [0.29, 0.717) is 63.9 Å². The Labute approximate surface area is 257 Å². The zero-order chi connectivity index (χ0) is 31.4. The maximum absolute atomic E-state index is 14.0. The summed E-state index contributed by atoms with van der Waals surface area (Å²) in [5.41, 5.74) is 0.659. The van der Waals surface area contributed by atoms with E-state index in [2.05, 4.69) is 4.98 Å². The predicted molar refractivity (Wildman–Crippen MR) is 166 cm³/mol. The van der Waals surface area contributed by atoms with E-state index in [9.17, 15) is 9.59 Å². The minimum Gasteiger partial charge on any atom is -0.496 e. The first kappa shape index (κ1) is 30.6. The number of fused-ring (bicyclic) bond motifs is 2. The molecule has 5 aromatic rings. The number of ether oxygens (including phenoxy) is 6. The first-order valence-corrected chi connectivity index (χ1v) is 14.0. The fourth-order valence-electron chi connectivity index (χ4n) is 4.90. The molecular formula is C32H31ClN2O9. The maximum atomic E-state index is 14.0. The normalized spacial score (nSPS) is 11.0. The smallest absolute Gasteiger partial charge is 0.261 e. The lowest BCUT2D eigenvalue weighted by Gasteiger charge is -2.17. The van der Waals surface area contributed by atoms with Gasteiger partial charge in [0, 0.05) is 29.3 Å². The Hall–Kier alpha value is -4.90. The van der Waals surface area contributed by atoms with Crippen molar-refractivity contribution in [2.24, 2.45) is 0 Å². The molecule has 0 saturated heterocycles. The third-order valence-electron chi connectivity index (χ3n) is 7.10. The predicted octanol–water partition coefficient (Wildman–Crippen LogP) is 5.73. The van der Waals surface area contributed by atoms with E-state index in [-0.39, 0.29) is 40.4 Å². The quantitative estimate of drug-likeness (QED) is 0.160. The van der Waals surface area contributed by atoms with E-state index in [0.717, 1.165) is 0 Å². The van der Waals surface area contributed by atoms with E-state index >= 15 is 0 Å². The van der Waals surface area contributed by atoms with Gasteiger partial charge in [0.25, 0.3) is 5.56 Å². The fraction of sp³-hybridized carbons (Fsp3) is 0.281. The molecule has 0 spiro atoms. The highest BCUT2D eigenvalue weighted by molar-refractivity contribution is 6.31. The number of aryl methyl sites for hydroxylation is 1. The van der Waals surface area contributed by atoms with Crippen LogP contribution in [0.5, 0.6) is 34.5 Å². The van der Waals surface area contributed by atoms with Crippen molar-refractivity contribution in [2.45, 2.75) is 19.4 Å². The standard InChI is InChI=1S/C32H31ClN2O9/c1-38-20-15-23(39-2)27-24(16-20)44-29(18-12-25(40-3)30(42-5)26(13-18)41-4)31(28(27)36)43-11-7-6-10-35-17-34-22-14-19(33)8-9-21(22)32(35)37/h8-9,12-17H,6-7,10-11H2,1-5H3. The van der Waals surface area contributed by atoms with E-state index in [4.69, 9.17) is 44.4 Å². The van der Waals surface area contributed by atoms with Gasteiger partial charge in [0.15, 0.2) is 17.3 Å². The summed E-state index contributed by atoms with van der Waals surface area (Å²) in [5.74, 6) is 1.99. The van der Waals surface area contributed by atoms with Gasteiger partial charge in [-0.25, -0.2) is 4.98 Å². The molecule has 230 valence electrons. The van der Waals surface area contributed by atoms with Crippen LogP contribution >= 0.6 is 11.6 Å². The van der Waals surface area contributed by atoms with Crippen LogP contribution in [0.3, 0.4) is 0 Å². The third-order valence-corrected chi connectivity index (χ3v) is 7.34.